The van der Waals surface area contributed by atoms with Gasteiger partial charge >= 0.3 is 0 Å². The molecule has 5 nitrogen and oxygen atoms in total. The molecule has 0 unspecified atom stereocenters. The molecule has 72 valence electrons. The van der Waals surface area contributed by atoms with E-state index in [0.29, 0.717) is 6.42 Å². The lowest BCUT2D eigenvalue weighted by Crippen LogP contribution is -2.34. The predicted octanol–water partition coefficient (Wildman–Crippen LogP) is -1.54. The van der Waals surface area contributed by atoms with E-state index in [2.05, 4.69) is 0 Å². The van der Waals surface area contributed by atoms with E-state index in [9.17, 15) is 5.11 Å². The summed E-state index contributed by atoms with van der Waals surface area (Å²) >= 11 is 0. The Labute approximate surface area is 70.5 Å². The third-order valence-electron chi connectivity index (χ3n) is 2.00. The van der Waals surface area contributed by atoms with Crippen molar-refractivity contribution in [3.63, 3.8) is 0 Å². The number of hydrogen-bond acceptors (Lipinski definition) is 5. The van der Waals surface area contributed by atoms with Crippen molar-refractivity contribution in [3.05, 3.63) is 0 Å². The van der Waals surface area contributed by atoms with Crippen molar-refractivity contribution in [1.82, 2.24) is 0 Å². The SMILES string of the molecule is CO[C@H]1[C@@H](O)[C@H](O)O[C@@H]1CCO. The lowest BCUT2D eigenvalue weighted by Gasteiger charge is -2.16. The van der Waals surface area contributed by atoms with Crippen LogP contribution in [0.15, 0.2) is 0 Å². The number of methoxy groups -OCH3 is 1. The third-order valence-corrected chi connectivity index (χ3v) is 2.00. The van der Waals surface area contributed by atoms with E-state index in [1.807, 2.05) is 0 Å². The van der Waals surface area contributed by atoms with Gasteiger partial charge in [0.05, 0.1) is 6.10 Å². The summed E-state index contributed by atoms with van der Waals surface area (Å²) in [6.07, 6.45) is -2.85. The van der Waals surface area contributed by atoms with Crippen LogP contribution in [0.2, 0.25) is 0 Å². The predicted molar refractivity (Wildman–Crippen MR) is 39.4 cm³/mol. The van der Waals surface area contributed by atoms with Crippen molar-refractivity contribution in [2.45, 2.75) is 31.0 Å². The van der Waals surface area contributed by atoms with Crippen LogP contribution in [0.1, 0.15) is 6.42 Å². The smallest absolute Gasteiger partial charge is 0.183 e. The first-order valence-electron chi connectivity index (χ1n) is 3.86. The van der Waals surface area contributed by atoms with E-state index in [0.717, 1.165) is 0 Å². The van der Waals surface area contributed by atoms with Crippen LogP contribution in [-0.4, -0.2) is 53.6 Å². The van der Waals surface area contributed by atoms with Gasteiger partial charge in [0.1, 0.15) is 12.2 Å². The van der Waals surface area contributed by atoms with Gasteiger partial charge in [0.25, 0.3) is 0 Å². The standard InChI is InChI=1S/C7H14O5/c1-11-6-4(2-3-8)12-7(10)5(6)9/h4-10H,2-3H2,1H3/t4-,5-,6-,7-/m1/s1. The molecule has 1 rings (SSSR count). The van der Waals surface area contributed by atoms with Crippen LogP contribution in [0.3, 0.4) is 0 Å². The summed E-state index contributed by atoms with van der Waals surface area (Å²) in [7, 11) is 1.43. The number of hydrogen-bond donors (Lipinski definition) is 3. The molecule has 1 aliphatic heterocycles. The Morgan fingerprint density at radius 1 is 1.42 bits per heavy atom. The molecule has 0 aromatic rings. The molecule has 0 aliphatic carbocycles. The summed E-state index contributed by atoms with van der Waals surface area (Å²) in [5.74, 6) is 0. The van der Waals surface area contributed by atoms with Gasteiger partial charge in [-0.05, 0) is 6.42 Å². The molecule has 3 N–H and O–H groups in total. The van der Waals surface area contributed by atoms with Crippen LogP contribution in [-0.2, 0) is 9.47 Å². The van der Waals surface area contributed by atoms with Gasteiger partial charge in [0.2, 0.25) is 0 Å². The molecule has 1 aliphatic rings. The fourth-order valence-electron chi connectivity index (χ4n) is 1.37. The van der Waals surface area contributed by atoms with Crippen LogP contribution in [0.5, 0.6) is 0 Å². The molecule has 0 radical (unpaired) electrons. The maximum Gasteiger partial charge on any atom is 0.183 e. The third kappa shape index (κ3) is 1.75. The Bertz CT molecular complexity index is 140. The zero-order valence-electron chi connectivity index (χ0n) is 6.88. The molecule has 0 amide bonds. The highest BCUT2D eigenvalue weighted by Crippen LogP contribution is 2.23. The summed E-state index contributed by atoms with van der Waals surface area (Å²) in [6.45, 7) is -0.0516. The van der Waals surface area contributed by atoms with Gasteiger partial charge in [0, 0.05) is 13.7 Å². The van der Waals surface area contributed by atoms with Crippen molar-refractivity contribution < 1.29 is 24.8 Å². The van der Waals surface area contributed by atoms with E-state index < -0.39 is 24.6 Å². The summed E-state index contributed by atoms with van der Waals surface area (Å²) < 4.78 is 9.85. The fraction of sp³-hybridized carbons (Fsp3) is 1.00. The first-order chi connectivity index (χ1) is 5.70. The second-order valence-corrected chi connectivity index (χ2v) is 2.77. The molecule has 5 heteroatoms. The quantitative estimate of drug-likeness (QED) is 0.488. The highest BCUT2D eigenvalue weighted by Gasteiger charge is 2.42. The molecule has 1 fully saturated rings. The van der Waals surface area contributed by atoms with Gasteiger partial charge in [-0.15, -0.1) is 0 Å². The zero-order valence-corrected chi connectivity index (χ0v) is 6.88. The maximum absolute atomic E-state index is 9.27. The van der Waals surface area contributed by atoms with Crippen molar-refractivity contribution in [1.29, 1.82) is 0 Å². The van der Waals surface area contributed by atoms with Crippen LogP contribution < -0.4 is 0 Å². The van der Waals surface area contributed by atoms with Gasteiger partial charge < -0.3 is 24.8 Å². The second kappa shape index (κ2) is 4.15. The second-order valence-electron chi connectivity index (χ2n) is 2.77. The van der Waals surface area contributed by atoms with Gasteiger partial charge in [-0.3, -0.25) is 0 Å². The lowest BCUT2D eigenvalue weighted by molar-refractivity contribution is -0.129. The van der Waals surface area contributed by atoms with Crippen LogP contribution >= 0.6 is 0 Å². The Balaban J connectivity index is 2.52. The summed E-state index contributed by atoms with van der Waals surface area (Å²) in [5.41, 5.74) is 0. The first kappa shape index (κ1) is 9.88. The monoisotopic (exact) mass is 178 g/mol. The van der Waals surface area contributed by atoms with E-state index in [1.54, 1.807) is 0 Å². The molecular formula is C7H14O5. The summed E-state index contributed by atoms with van der Waals surface area (Å²) in [5, 5.41) is 26.9. The van der Waals surface area contributed by atoms with Crippen molar-refractivity contribution in [2.24, 2.45) is 0 Å². The largest absolute Gasteiger partial charge is 0.396 e. The number of aliphatic hydroxyl groups is 3. The molecule has 12 heavy (non-hydrogen) atoms. The fourth-order valence-corrected chi connectivity index (χ4v) is 1.37. The minimum absolute atomic E-state index is 0.0516. The average molecular weight is 178 g/mol. The van der Waals surface area contributed by atoms with E-state index >= 15 is 0 Å². The van der Waals surface area contributed by atoms with E-state index in [1.165, 1.54) is 7.11 Å². The average Bonchev–Trinajstić information content (AvgIpc) is 2.29. The number of aliphatic hydroxyl groups excluding tert-OH is 3. The highest BCUT2D eigenvalue weighted by molar-refractivity contribution is 4.86. The van der Waals surface area contributed by atoms with Crippen molar-refractivity contribution >= 4 is 0 Å². The first-order valence-corrected chi connectivity index (χ1v) is 3.86. The summed E-state index contributed by atoms with van der Waals surface area (Å²) in [6, 6.07) is 0. The van der Waals surface area contributed by atoms with E-state index in [-0.39, 0.29) is 6.61 Å². The Morgan fingerprint density at radius 3 is 2.58 bits per heavy atom. The van der Waals surface area contributed by atoms with Gasteiger partial charge in [-0.2, -0.15) is 0 Å². The topological polar surface area (TPSA) is 79.2 Å². The van der Waals surface area contributed by atoms with Gasteiger partial charge in [0.15, 0.2) is 6.29 Å². The van der Waals surface area contributed by atoms with Gasteiger partial charge in [-0.1, -0.05) is 0 Å². The lowest BCUT2D eigenvalue weighted by atomic mass is 10.1. The Hall–Kier alpha value is -0.200. The molecule has 0 aromatic carbocycles. The molecule has 1 saturated heterocycles. The van der Waals surface area contributed by atoms with Gasteiger partial charge in [-0.25, -0.2) is 0 Å². The van der Waals surface area contributed by atoms with Crippen molar-refractivity contribution in [3.8, 4) is 0 Å². The minimum Gasteiger partial charge on any atom is -0.396 e. The zero-order chi connectivity index (χ0) is 9.14. The van der Waals surface area contributed by atoms with Crippen LogP contribution in [0.25, 0.3) is 0 Å². The highest BCUT2D eigenvalue weighted by atomic mass is 16.7. The van der Waals surface area contributed by atoms with Crippen LogP contribution in [0.4, 0.5) is 0 Å². The normalized spacial score (nSPS) is 42.0. The molecule has 4 atom stereocenters. The Kier molecular flexibility index (Phi) is 3.42. The molecule has 0 bridgehead atoms. The molecular weight excluding hydrogens is 164 g/mol. The minimum atomic E-state index is -1.20. The number of ether oxygens (including phenoxy) is 2. The summed E-state index contributed by atoms with van der Waals surface area (Å²) in [4.78, 5) is 0. The molecule has 0 saturated carbocycles. The maximum atomic E-state index is 9.27. The molecule has 0 aromatic heterocycles. The molecule has 1 heterocycles. The number of rotatable bonds is 3. The Morgan fingerprint density at radius 2 is 2.08 bits per heavy atom. The van der Waals surface area contributed by atoms with Crippen LogP contribution in [0, 0.1) is 0 Å². The molecule has 0 spiro atoms. The van der Waals surface area contributed by atoms with E-state index in [4.69, 9.17) is 19.7 Å². The van der Waals surface area contributed by atoms with Crippen molar-refractivity contribution in [2.75, 3.05) is 13.7 Å².